The van der Waals surface area contributed by atoms with E-state index in [1.807, 2.05) is 55.5 Å². The molecule has 2 aromatic rings. The Bertz CT molecular complexity index is 588. The predicted octanol–water partition coefficient (Wildman–Crippen LogP) is 3.67. The van der Waals surface area contributed by atoms with E-state index >= 15 is 0 Å². The minimum atomic E-state index is -0.639. The molecule has 0 saturated carbocycles. The van der Waals surface area contributed by atoms with Crippen LogP contribution in [-0.4, -0.2) is 18.8 Å². The molecule has 106 valence electrons. The minimum absolute atomic E-state index is 0.0641. The van der Waals surface area contributed by atoms with Crippen LogP contribution in [0.1, 0.15) is 12.5 Å². The third-order valence-electron chi connectivity index (χ3n) is 3.31. The second-order valence-electron chi connectivity index (χ2n) is 4.83. The Morgan fingerprint density at radius 3 is 2.60 bits per heavy atom. The average molecular weight is 292 g/mol. The number of rotatable bonds is 5. The van der Waals surface area contributed by atoms with Crippen molar-refractivity contribution in [2.24, 2.45) is 0 Å². The lowest BCUT2D eigenvalue weighted by molar-refractivity contribution is 0.223. The molecule has 2 rings (SSSR count). The second kappa shape index (κ2) is 6.16. The maximum atomic E-state index is 9.81. The summed E-state index contributed by atoms with van der Waals surface area (Å²) >= 11 is 6.16. The molecule has 0 aliphatic heterocycles. The Labute approximate surface area is 124 Å². The maximum Gasteiger partial charge on any atom is 0.119 e. The summed E-state index contributed by atoms with van der Waals surface area (Å²) in [6.07, 6.45) is 0. The van der Waals surface area contributed by atoms with E-state index in [2.05, 4.69) is 5.32 Å². The molecular weight excluding hydrogens is 274 g/mol. The van der Waals surface area contributed by atoms with E-state index in [0.29, 0.717) is 5.02 Å². The Kier molecular flexibility index (Phi) is 4.53. The highest BCUT2D eigenvalue weighted by molar-refractivity contribution is 6.33. The molecule has 20 heavy (non-hydrogen) atoms. The Morgan fingerprint density at radius 2 is 1.95 bits per heavy atom. The molecule has 2 aromatic carbocycles. The van der Waals surface area contributed by atoms with E-state index in [-0.39, 0.29) is 6.61 Å². The molecule has 1 unspecified atom stereocenters. The van der Waals surface area contributed by atoms with Gasteiger partial charge in [0.05, 0.1) is 30.0 Å². The first-order valence-electron chi connectivity index (χ1n) is 6.37. The summed E-state index contributed by atoms with van der Waals surface area (Å²) in [5, 5.41) is 13.7. The fraction of sp³-hybridized carbons (Fsp3) is 0.250. The van der Waals surface area contributed by atoms with Gasteiger partial charge in [-0.25, -0.2) is 0 Å². The number of hydrogen-bond donors (Lipinski definition) is 2. The molecular formula is C16H18ClNO2. The van der Waals surface area contributed by atoms with Gasteiger partial charge < -0.3 is 15.2 Å². The lowest BCUT2D eigenvalue weighted by atomic mass is 9.92. The van der Waals surface area contributed by atoms with Gasteiger partial charge in [0.25, 0.3) is 0 Å². The van der Waals surface area contributed by atoms with Crippen LogP contribution in [0, 0.1) is 0 Å². The molecule has 0 amide bonds. The number of para-hydroxylation sites is 1. The van der Waals surface area contributed by atoms with Gasteiger partial charge in [-0.05, 0) is 36.8 Å². The summed E-state index contributed by atoms with van der Waals surface area (Å²) in [4.78, 5) is 0. The molecule has 0 spiro atoms. The van der Waals surface area contributed by atoms with Crippen LogP contribution in [-0.2, 0) is 5.54 Å². The molecule has 0 heterocycles. The number of benzene rings is 2. The van der Waals surface area contributed by atoms with Crippen molar-refractivity contribution in [3.05, 3.63) is 59.1 Å². The number of methoxy groups -OCH3 is 1. The smallest absolute Gasteiger partial charge is 0.119 e. The zero-order valence-electron chi connectivity index (χ0n) is 11.6. The summed E-state index contributed by atoms with van der Waals surface area (Å²) < 4.78 is 5.23. The van der Waals surface area contributed by atoms with E-state index < -0.39 is 5.54 Å². The van der Waals surface area contributed by atoms with Gasteiger partial charge in [-0.1, -0.05) is 35.9 Å². The summed E-state index contributed by atoms with van der Waals surface area (Å²) in [6, 6.07) is 15.1. The fourth-order valence-corrected chi connectivity index (χ4v) is 2.21. The molecule has 0 radical (unpaired) electrons. The van der Waals surface area contributed by atoms with Gasteiger partial charge in [0.15, 0.2) is 0 Å². The van der Waals surface area contributed by atoms with Crippen LogP contribution in [0.3, 0.4) is 0 Å². The normalized spacial score (nSPS) is 13.6. The summed E-state index contributed by atoms with van der Waals surface area (Å²) in [6.45, 7) is 1.86. The average Bonchev–Trinajstić information content (AvgIpc) is 2.49. The molecule has 0 saturated heterocycles. The lowest BCUT2D eigenvalue weighted by Gasteiger charge is -2.31. The van der Waals surface area contributed by atoms with E-state index in [0.717, 1.165) is 17.0 Å². The number of nitrogens with one attached hydrogen (secondary N) is 1. The first kappa shape index (κ1) is 14.7. The first-order chi connectivity index (χ1) is 9.59. The van der Waals surface area contributed by atoms with Gasteiger partial charge >= 0.3 is 0 Å². The van der Waals surface area contributed by atoms with Crippen molar-refractivity contribution in [1.29, 1.82) is 0 Å². The number of anilines is 1. The zero-order chi connectivity index (χ0) is 14.6. The highest BCUT2D eigenvalue weighted by atomic mass is 35.5. The standard InChI is InChI=1S/C16H18ClNO2/c1-16(11-19,12-6-5-7-13(10-12)20-2)18-15-9-4-3-8-14(15)17/h3-10,18-19H,11H2,1-2H3. The zero-order valence-corrected chi connectivity index (χ0v) is 12.3. The van der Waals surface area contributed by atoms with Gasteiger partial charge in [-0.2, -0.15) is 0 Å². The van der Waals surface area contributed by atoms with E-state index in [4.69, 9.17) is 16.3 Å². The second-order valence-corrected chi connectivity index (χ2v) is 5.23. The highest BCUT2D eigenvalue weighted by Crippen LogP contribution is 2.31. The Morgan fingerprint density at radius 1 is 1.20 bits per heavy atom. The number of hydrogen-bond acceptors (Lipinski definition) is 3. The molecule has 0 bridgehead atoms. The van der Waals surface area contributed by atoms with Crippen molar-refractivity contribution in [3.63, 3.8) is 0 Å². The quantitative estimate of drug-likeness (QED) is 0.883. The summed E-state index contributed by atoms with van der Waals surface area (Å²) in [5.74, 6) is 0.753. The Balaban J connectivity index is 2.35. The summed E-state index contributed by atoms with van der Waals surface area (Å²) in [5.41, 5.74) is 1.08. The van der Waals surface area contributed by atoms with E-state index in [9.17, 15) is 5.11 Å². The maximum absolute atomic E-state index is 9.81. The van der Waals surface area contributed by atoms with Crippen molar-refractivity contribution in [3.8, 4) is 5.75 Å². The van der Waals surface area contributed by atoms with Crippen LogP contribution in [0.5, 0.6) is 5.75 Å². The van der Waals surface area contributed by atoms with E-state index in [1.165, 1.54) is 0 Å². The van der Waals surface area contributed by atoms with Crippen LogP contribution in [0.15, 0.2) is 48.5 Å². The third kappa shape index (κ3) is 3.06. The largest absolute Gasteiger partial charge is 0.497 e. The molecule has 0 aliphatic rings. The van der Waals surface area contributed by atoms with Crippen molar-refractivity contribution in [2.75, 3.05) is 19.0 Å². The minimum Gasteiger partial charge on any atom is -0.497 e. The first-order valence-corrected chi connectivity index (χ1v) is 6.75. The van der Waals surface area contributed by atoms with Crippen LogP contribution in [0.25, 0.3) is 0 Å². The summed E-state index contributed by atoms with van der Waals surface area (Å²) in [7, 11) is 1.62. The predicted molar refractivity (Wildman–Crippen MR) is 82.5 cm³/mol. The van der Waals surface area contributed by atoms with Crippen LogP contribution < -0.4 is 10.1 Å². The molecule has 0 aromatic heterocycles. The molecule has 3 nitrogen and oxygen atoms in total. The number of aliphatic hydroxyl groups excluding tert-OH is 1. The van der Waals surface area contributed by atoms with Gasteiger partial charge in [0, 0.05) is 0 Å². The van der Waals surface area contributed by atoms with Crippen molar-refractivity contribution in [2.45, 2.75) is 12.5 Å². The number of ether oxygens (including phenoxy) is 1. The van der Waals surface area contributed by atoms with Crippen molar-refractivity contribution >= 4 is 17.3 Å². The van der Waals surface area contributed by atoms with Gasteiger partial charge in [0.1, 0.15) is 5.75 Å². The molecule has 0 aliphatic carbocycles. The monoisotopic (exact) mass is 291 g/mol. The lowest BCUT2D eigenvalue weighted by Crippen LogP contribution is -2.36. The van der Waals surface area contributed by atoms with Crippen LogP contribution in [0.2, 0.25) is 5.02 Å². The third-order valence-corrected chi connectivity index (χ3v) is 3.64. The molecule has 1 atom stereocenters. The highest BCUT2D eigenvalue weighted by Gasteiger charge is 2.26. The molecule has 0 fully saturated rings. The van der Waals surface area contributed by atoms with Gasteiger partial charge in [-0.3, -0.25) is 0 Å². The topological polar surface area (TPSA) is 41.5 Å². The van der Waals surface area contributed by atoms with Crippen LogP contribution >= 0.6 is 11.6 Å². The number of halogens is 1. The SMILES string of the molecule is COc1cccc(C(C)(CO)Nc2ccccc2Cl)c1. The molecule has 4 heteroatoms. The fourth-order valence-electron chi connectivity index (χ4n) is 2.03. The van der Waals surface area contributed by atoms with Crippen molar-refractivity contribution in [1.82, 2.24) is 0 Å². The molecule has 2 N–H and O–H groups in total. The van der Waals surface area contributed by atoms with Gasteiger partial charge in [0.2, 0.25) is 0 Å². The van der Waals surface area contributed by atoms with Crippen LogP contribution in [0.4, 0.5) is 5.69 Å². The number of aliphatic hydroxyl groups is 1. The van der Waals surface area contributed by atoms with Gasteiger partial charge in [-0.15, -0.1) is 0 Å². The van der Waals surface area contributed by atoms with E-state index in [1.54, 1.807) is 7.11 Å². The van der Waals surface area contributed by atoms with Crippen molar-refractivity contribution < 1.29 is 9.84 Å². The Hall–Kier alpha value is -1.71.